The first-order chi connectivity index (χ1) is 10.0. The third-order valence-electron chi connectivity index (χ3n) is 3.21. The summed E-state index contributed by atoms with van der Waals surface area (Å²) in [4.78, 5) is 11.1. The topological polar surface area (TPSA) is 69.9 Å². The molecule has 2 aromatic carbocycles. The SMILES string of the molecule is CC(=NO)c1ccccc1Cc1ccc(Cl)c(C(=O)O)c1. The minimum absolute atomic E-state index is 0.0826. The highest BCUT2D eigenvalue weighted by atomic mass is 35.5. The molecular weight excluding hydrogens is 290 g/mol. The van der Waals surface area contributed by atoms with Crippen LogP contribution in [0.15, 0.2) is 47.6 Å². The van der Waals surface area contributed by atoms with Crippen molar-refractivity contribution >= 4 is 23.3 Å². The molecule has 0 heterocycles. The number of carbonyl (C=O) groups is 1. The van der Waals surface area contributed by atoms with Gasteiger partial charge in [0.25, 0.3) is 0 Å². The summed E-state index contributed by atoms with van der Waals surface area (Å²) in [6.07, 6.45) is 0.528. The van der Waals surface area contributed by atoms with Gasteiger partial charge in [-0.1, -0.05) is 47.1 Å². The molecule has 0 saturated heterocycles. The number of benzene rings is 2. The molecular formula is C16H14ClNO3. The lowest BCUT2D eigenvalue weighted by molar-refractivity contribution is 0.0697. The highest BCUT2D eigenvalue weighted by Crippen LogP contribution is 2.21. The van der Waals surface area contributed by atoms with Gasteiger partial charge < -0.3 is 10.3 Å². The Bertz CT molecular complexity index is 710. The first-order valence-corrected chi connectivity index (χ1v) is 6.69. The zero-order chi connectivity index (χ0) is 15.4. The molecule has 108 valence electrons. The third kappa shape index (κ3) is 3.41. The first kappa shape index (κ1) is 15.1. The fraction of sp³-hybridized carbons (Fsp3) is 0.125. The lowest BCUT2D eigenvalue weighted by atomic mass is 9.96. The summed E-state index contributed by atoms with van der Waals surface area (Å²) in [5, 5.41) is 21.5. The Kier molecular flexibility index (Phi) is 4.60. The average molecular weight is 304 g/mol. The first-order valence-electron chi connectivity index (χ1n) is 6.31. The summed E-state index contributed by atoms with van der Waals surface area (Å²) in [5.41, 5.74) is 3.20. The number of oxime groups is 1. The van der Waals surface area contributed by atoms with Crippen LogP contribution in [0.4, 0.5) is 0 Å². The standard InChI is InChI=1S/C16H14ClNO3/c1-10(18-21)13-5-3-2-4-12(13)8-11-6-7-15(17)14(9-11)16(19)20/h2-7,9,21H,8H2,1H3,(H,19,20). The highest BCUT2D eigenvalue weighted by Gasteiger charge is 2.11. The van der Waals surface area contributed by atoms with Gasteiger partial charge >= 0.3 is 5.97 Å². The van der Waals surface area contributed by atoms with Crippen molar-refractivity contribution in [2.24, 2.45) is 5.16 Å². The molecule has 0 unspecified atom stereocenters. The van der Waals surface area contributed by atoms with Crippen LogP contribution in [-0.4, -0.2) is 22.0 Å². The van der Waals surface area contributed by atoms with Gasteiger partial charge in [0.1, 0.15) is 0 Å². The molecule has 0 fully saturated rings. The van der Waals surface area contributed by atoms with Crippen molar-refractivity contribution in [2.75, 3.05) is 0 Å². The maximum atomic E-state index is 11.1. The smallest absolute Gasteiger partial charge is 0.337 e. The number of hydrogen-bond donors (Lipinski definition) is 2. The van der Waals surface area contributed by atoms with E-state index in [1.54, 1.807) is 25.1 Å². The van der Waals surface area contributed by atoms with Crippen molar-refractivity contribution in [1.29, 1.82) is 0 Å². The molecule has 2 aromatic rings. The van der Waals surface area contributed by atoms with Crippen molar-refractivity contribution in [3.05, 3.63) is 69.7 Å². The molecule has 0 saturated carbocycles. The number of rotatable bonds is 4. The van der Waals surface area contributed by atoms with E-state index >= 15 is 0 Å². The van der Waals surface area contributed by atoms with Crippen LogP contribution in [0, 0.1) is 0 Å². The molecule has 0 amide bonds. The largest absolute Gasteiger partial charge is 0.478 e. The average Bonchev–Trinajstić information content (AvgIpc) is 2.48. The summed E-state index contributed by atoms with van der Waals surface area (Å²) < 4.78 is 0. The van der Waals surface area contributed by atoms with E-state index in [-0.39, 0.29) is 10.6 Å². The Labute approximate surface area is 127 Å². The summed E-state index contributed by atoms with van der Waals surface area (Å²) >= 11 is 5.87. The third-order valence-corrected chi connectivity index (χ3v) is 3.54. The van der Waals surface area contributed by atoms with Crippen molar-refractivity contribution in [2.45, 2.75) is 13.3 Å². The van der Waals surface area contributed by atoms with E-state index in [9.17, 15) is 4.79 Å². The van der Waals surface area contributed by atoms with Crippen LogP contribution in [0.25, 0.3) is 0 Å². The monoisotopic (exact) mass is 303 g/mol. The molecule has 0 aliphatic rings. The van der Waals surface area contributed by atoms with Gasteiger partial charge in [-0.2, -0.15) is 0 Å². The van der Waals surface area contributed by atoms with Gasteiger partial charge in [0.05, 0.1) is 16.3 Å². The van der Waals surface area contributed by atoms with Crippen LogP contribution >= 0.6 is 11.6 Å². The predicted molar refractivity (Wildman–Crippen MR) is 81.7 cm³/mol. The van der Waals surface area contributed by atoms with Gasteiger partial charge in [0.15, 0.2) is 0 Å². The molecule has 2 N–H and O–H groups in total. The summed E-state index contributed by atoms with van der Waals surface area (Å²) in [7, 11) is 0. The van der Waals surface area contributed by atoms with Gasteiger partial charge in [0, 0.05) is 5.56 Å². The van der Waals surface area contributed by atoms with E-state index < -0.39 is 5.97 Å². The molecule has 5 heteroatoms. The Morgan fingerprint density at radius 2 is 1.90 bits per heavy atom. The van der Waals surface area contributed by atoms with Gasteiger partial charge in [-0.05, 0) is 36.6 Å². The summed E-state index contributed by atoms with van der Waals surface area (Å²) in [6, 6.07) is 12.5. The van der Waals surface area contributed by atoms with Gasteiger partial charge in [-0.15, -0.1) is 0 Å². The normalized spacial score (nSPS) is 11.4. The minimum atomic E-state index is -1.05. The molecule has 0 bridgehead atoms. The van der Waals surface area contributed by atoms with Gasteiger partial charge in [-0.3, -0.25) is 0 Å². The van der Waals surface area contributed by atoms with Crippen molar-refractivity contribution in [3.8, 4) is 0 Å². The number of carboxylic acids is 1. The fourth-order valence-corrected chi connectivity index (χ4v) is 2.35. The van der Waals surface area contributed by atoms with E-state index in [1.807, 2.05) is 24.3 Å². The molecule has 4 nitrogen and oxygen atoms in total. The quantitative estimate of drug-likeness (QED) is 0.512. The number of nitrogens with zero attached hydrogens (tertiary/aromatic N) is 1. The Morgan fingerprint density at radius 1 is 1.19 bits per heavy atom. The molecule has 0 atom stereocenters. The Morgan fingerprint density at radius 3 is 2.57 bits per heavy atom. The van der Waals surface area contributed by atoms with Gasteiger partial charge in [-0.25, -0.2) is 4.79 Å². The molecule has 0 aliphatic heterocycles. The second kappa shape index (κ2) is 6.41. The minimum Gasteiger partial charge on any atom is -0.478 e. The van der Waals surface area contributed by atoms with Crippen LogP contribution in [-0.2, 0) is 6.42 Å². The van der Waals surface area contributed by atoms with Gasteiger partial charge in [0.2, 0.25) is 0 Å². The number of hydrogen-bond acceptors (Lipinski definition) is 3. The number of aromatic carboxylic acids is 1. The van der Waals surface area contributed by atoms with E-state index in [2.05, 4.69) is 5.16 Å². The zero-order valence-corrected chi connectivity index (χ0v) is 12.1. The lowest BCUT2D eigenvalue weighted by Crippen LogP contribution is -2.03. The van der Waals surface area contributed by atoms with E-state index in [4.69, 9.17) is 21.9 Å². The fourth-order valence-electron chi connectivity index (χ4n) is 2.15. The number of halogens is 1. The van der Waals surface area contributed by atoms with E-state index in [0.717, 1.165) is 16.7 Å². The summed E-state index contributed by atoms with van der Waals surface area (Å²) in [5.74, 6) is -1.05. The lowest BCUT2D eigenvalue weighted by Gasteiger charge is -2.09. The van der Waals surface area contributed by atoms with Crippen molar-refractivity contribution in [1.82, 2.24) is 0 Å². The summed E-state index contributed by atoms with van der Waals surface area (Å²) in [6.45, 7) is 1.71. The Balaban J connectivity index is 2.39. The van der Waals surface area contributed by atoms with Crippen LogP contribution in [0.3, 0.4) is 0 Å². The maximum Gasteiger partial charge on any atom is 0.337 e. The predicted octanol–water partition coefficient (Wildman–Crippen LogP) is 3.83. The molecule has 0 radical (unpaired) electrons. The molecule has 2 rings (SSSR count). The number of carboxylic acid groups (broad SMARTS) is 1. The van der Waals surface area contributed by atoms with Crippen LogP contribution in [0.2, 0.25) is 5.02 Å². The maximum absolute atomic E-state index is 11.1. The molecule has 0 aromatic heterocycles. The second-order valence-electron chi connectivity index (χ2n) is 4.64. The van der Waals surface area contributed by atoms with Crippen molar-refractivity contribution in [3.63, 3.8) is 0 Å². The van der Waals surface area contributed by atoms with E-state index in [0.29, 0.717) is 12.1 Å². The zero-order valence-electron chi connectivity index (χ0n) is 11.4. The van der Waals surface area contributed by atoms with Crippen LogP contribution < -0.4 is 0 Å². The van der Waals surface area contributed by atoms with Crippen LogP contribution in [0.5, 0.6) is 0 Å². The Hall–Kier alpha value is -2.33. The highest BCUT2D eigenvalue weighted by molar-refractivity contribution is 6.33. The molecule has 0 aliphatic carbocycles. The van der Waals surface area contributed by atoms with E-state index in [1.165, 1.54) is 0 Å². The molecule has 0 spiro atoms. The molecule has 21 heavy (non-hydrogen) atoms. The second-order valence-corrected chi connectivity index (χ2v) is 5.05. The van der Waals surface area contributed by atoms with Crippen molar-refractivity contribution < 1.29 is 15.1 Å². The van der Waals surface area contributed by atoms with Crippen LogP contribution in [0.1, 0.15) is 34.0 Å².